The average Bonchev–Trinajstić information content (AvgIpc) is 3.05. The predicted octanol–water partition coefficient (Wildman–Crippen LogP) is 1.27. The van der Waals surface area contributed by atoms with E-state index in [4.69, 9.17) is 0 Å². The Hall–Kier alpha value is -1.59. The second kappa shape index (κ2) is 7.99. The molecule has 0 aromatic heterocycles. The van der Waals surface area contributed by atoms with Crippen molar-refractivity contribution in [2.75, 3.05) is 57.8 Å². The number of para-hydroxylation sites is 1. The highest BCUT2D eigenvalue weighted by atomic mass is 16.2. The van der Waals surface area contributed by atoms with Crippen LogP contribution in [-0.2, 0) is 4.79 Å². The molecule has 1 aromatic rings. The number of likely N-dealkylation sites (N-methyl/N-ethyl adjacent to an activating group) is 1. The van der Waals surface area contributed by atoms with Crippen molar-refractivity contribution in [1.82, 2.24) is 15.1 Å². The van der Waals surface area contributed by atoms with Crippen molar-refractivity contribution in [3.63, 3.8) is 0 Å². The van der Waals surface area contributed by atoms with Gasteiger partial charge < -0.3 is 15.1 Å². The predicted molar refractivity (Wildman–Crippen MR) is 98.3 cm³/mol. The summed E-state index contributed by atoms with van der Waals surface area (Å²) in [6.45, 7) is 8.73. The lowest BCUT2D eigenvalue weighted by Crippen LogP contribution is -2.53. The number of rotatable bonds is 5. The van der Waals surface area contributed by atoms with E-state index in [0.29, 0.717) is 18.5 Å². The van der Waals surface area contributed by atoms with E-state index in [0.717, 1.165) is 45.7 Å². The number of carbonyl (C=O) groups excluding carboxylic acids is 1. The van der Waals surface area contributed by atoms with Crippen LogP contribution in [0.4, 0.5) is 5.69 Å². The first-order valence-electron chi connectivity index (χ1n) is 9.11. The molecule has 2 saturated heterocycles. The summed E-state index contributed by atoms with van der Waals surface area (Å²) in [5, 5.41) is 3.15. The van der Waals surface area contributed by atoms with Gasteiger partial charge in [0.2, 0.25) is 5.91 Å². The smallest absolute Gasteiger partial charge is 0.234 e. The van der Waals surface area contributed by atoms with Gasteiger partial charge >= 0.3 is 0 Å². The average molecular weight is 330 g/mol. The largest absolute Gasteiger partial charge is 0.371 e. The Balaban J connectivity index is 1.39. The maximum absolute atomic E-state index is 12.3. The monoisotopic (exact) mass is 330 g/mol. The highest BCUT2D eigenvalue weighted by molar-refractivity contribution is 5.78. The summed E-state index contributed by atoms with van der Waals surface area (Å²) in [6, 6.07) is 11.0. The van der Waals surface area contributed by atoms with Crippen molar-refractivity contribution in [3.05, 3.63) is 30.3 Å². The van der Waals surface area contributed by atoms with E-state index in [1.54, 1.807) is 0 Å². The molecule has 1 N–H and O–H groups in total. The molecule has 5 nitrogen and oxygen atoms in total. The molecular formula is C19H30N4O. The zero-order valence-electron chi connectivity index (χ0n) is 14.9. The molecule has 1 aromatic carbocycles. The van der Waals surface area contributed by atoms with Crippen molar-refractivity contribution in [3.8, 4) is 0 Å². The third-order valence-corrected chi connectivity index (χ3v) is 5.31. The number of carbonyl (C=O) groups is 1. The molecule has 2 aliphatic rings. The van der Waals surface area contributed by atoms with Crippen molar-refractivity contribution in [2.45, 2.75) is 19.4 Å². The molecule has 0 aliphatic carbocycles. The molecule has 3 rings (SSSR count). The molecule has 0 unspecified atom stereocenters. The summed E-state index contributed by atoms with van der Waals surface area (Å²) in [5.41, 5.74) is 1.29. The summed E-state index contributed by atoms with van der Waals surface area (Å²) in [6.07, 6.45) is 1.15. The van der Waals surface area contributed by atoms with Crippen LogP contribution in [0.1, 0.15) is 13.3 Å². The summed E-state index contributed by atoms with van der Waals surface area (Å²) in [7, 11) is 2.15. The molecule has 0 bridgehead atoms. The number of piperazine rings is 1. The van der Waals surface area contributed by atoms with Gasteiger partial charge in [0.25, 0.3) is 0 Å². The van der Waals surface area contributed by atoms with E-state index in [-0.39, 0.29) is 5.91 Å². The Bertz CT molecular complexity index is 535. The first-order valence-corrected chi connectivity index (χ1v) is 9.11. The lowest BCUT2D eigenvalue weighted by molar-refractivity contribution is -0.123. The molecule has 2 aliphatic heterocycles. The van der Waals surface area contributed by atoms with E-state index in [9.17, 15) is 4.79 Å². The minimum absolute atomic E-state index is 0.171. The number of anilines is 1. The fraction of sp³-hybridized carbons (Fsp3) is 0.632. The van der Waals surface area contributed by atoms with E-state index in [1.165, 1.54) is 5.69 Å². The standard InChI is InChI=1S/C19H30N4O/c1-16-13-21(2)10-11-22(16)15-19(24)20-12-17-8-9-23(14-17)18-6-4-3-5-7-18/h3-7,16-17H,8-15H2,1-2H3,(H,20,24)/t16-,17+/m1/s1. The second-order valence-corrected chi connectivity index (χ2v) is 7.32. The SMILES string of the molecule is C[C@@H]1CN(C)CCN1CC(=O)NC[C@@H]1CCN(c2ccccc2)C1. The van der Waals surface area contributed by atoms with E-state index < -0.39 is 0 Å². The van der Waals surface area contributed by atoms with Crippen LogP contribution < -0.4 is 10.2 Å². The number of benzene rings is 1. The Morgan fingerprint density at radius 1 is 1.17 bits per heavy atom. The lowest BCUT2D eigenvalue weighted by Gasteiger charge is -2.37. The van der Waals surface area contributed by atoms with Crippen molar-refractivity contribution < 1.29 is 4.79 Å². The Kier molecular flexibility index (Phi) is 5.74. The van der Waals surface area contributed by atoms with Gasteiger partial charge in [-0.15, -0.1) is 0 Å². The minimum Gasteiger partial charge on any atom is -0.371 e. The zero-order valence-corrected chi connectivity index (χ0v) is 14.9. The molecule has 0 spiro atoms. The summed E-state index contributed by atoms with van der Waals surface area (Å²) < 4.78 is 0. The topological polar surface area (TPSA) is 38.8 Å². The van der Waals surface area contributed by atoms with Crippen LogP contribution >= 0.6 is 0 Å². The molecule has 1 amide bonds. The van der Waals surface area contributed by atoms with Crippen LogP contribution in [0.25, 0.3) is 0 Å². The third-order valence-electron chi connectivity index (χ3n) is 5.31. The number of nitrogens with zero attached hydrogens (tertiary/aromatic N) is 3. The molecular weight excluding hydrogens is 300 g/mol. The van der Waals surface area contributed by atoms with Gasteiger partial charge in [-0.3, -0.25) is 9.69 Å². The van der Waals surface area contributed by atoms with Gasteiger partial charge in [0.05, 0.1) is 6.54 Å². The maximum atomic E-state index is 12.3. The van der Waals surface area contributed by atoms with Crippen LogP contribution in [0.5, 0.6) is 0 Å². The fourth-order valence-electron chi connectivity index (χ4n) is 3.78. The minimum atomic E-state index is 0.171. The first kappa shape index (κ1) is 17.2. The van der Waals surface area contributed by atoms with Crippen LogP contribution in [0.15, 0.2) is 30.3 Å². The molecule has 132 valence electrons. The van der Waals surface area contributed by atoms with E-state index in [2.05, 4.69) is 64.3 Å². The zero-order chi connectivity index (χ0) is 16.9. The van der Waals surface area contributed by atoms with Gasteiger partial charge in [-0.1, -0.05) is 18.2 Å². The molecule has 24 heavy (non-hydrogen) atoms. The Morgan fingerprint density at radius 3 is 2.71 bits per heavy atom. The third kappa shape index (κ3) is 4.48. The molecule has 0 saturated carbocycles. The maximum Gasteiger partial charge on any atom is 0.234 e. The number of hydrogen-bond donors (Lipinski definition) is 1. The van der Waals surface area contributed by atoms with Crippen LogP contribution in [0.2, 0.25) is 0 Å². The van der Waals surface area contributed by atoms with Gasteiger partial charge in [0.15, 0.2) is 0 Å². The van der Waals surface area contributed by atoms with Gasteiger partial charge in [-0.25, -0.2) is 0 Å². The summed E-state index contributed by atoms with van der Waals surface area (Å²) in [4.78, 5) is 19.3. The lowest BCUT2D eigenvalue weighted by atomic mass is 10.1. The molecule has 0 radical (unpaired) electrons. The number of amides is 1. The first-order chi connectivity index (χ1) is 11.6. The normalized spacial score (nSPS) is 25.8. The van der Waals surface area contributed by atoms with Gasteiger partial charge in [0, 0.05) is 51.0 Å². The van der Waals surface area contributed by atoms with Gasteiger partial charge in [0.1, 0.15) is 0 Å². The second-order valence-electron chi connectivity index (χ2n) is 7.32. The van der Waals surface area contributed by atoms with Crippen molar-refractivity contribution in [2.24, 2.45) is 5.92 Å². The number of hydrogen-bond acceptors (Lipinski definition) is 4. The fourth-order valence-corrected chi connectivity index (χ4v) is 3.78. The molecule has 2 atom stereocenters. The van der Waals surface area contributed by atoms with E-state index >= 15 is 0 Å². The van der Waals surface area contributed by atoms with Crippen molar-refractivity contribution >= 4 is 11.6 Å². The van der Waals surface area contributed by atoms with E-state index in [1.807, 2.05) is 0 Å². The number of nitrogens with one attached hydrogen (secondary N) is 1. The molecule has 2 heterocycles. The van der Waals surface area contributed by atoms with Crippen LogP contribution in [0.3, 0.4) is 0 Å². The van der Waals surface area contributed by atoms with Crippen LogP contribution in [-0.4, -0.2) is 74.6 Å². The molecule has 5 heteroatoms. The van der Waals surface area contributed by atoms with Gasteiger partial charge in [-0.2, -0.15) is 0 Å². The summed E-state index contributed by atoms with van der Waals surface area (Å²) >= 11 is 0. The highest BCUT2D eigenvalue weighted by Gasteiger charge is 2.25. The van der Waals surface area contributed by atoms with Crippen molar-refractivity contribution in [1.29, 1.82) is 0 Å². The van der Waals surface area contributed by atoms with Gasteiger partial charge in [-0.05, 0) is 38.4 Å². The Morgan fingerprint density at radius 2 is 1.96 bits per heavy atom. The highest BCUT2D eigenvalue weighted by Crippen LogP contribution is 2.22. The summed E-state index contributed by atoms with van der Waals surface area (Å²) in [5.74, 6) is 0.726. The quantitative estimate of drug-likeness (QED) is 0.882. The van der Waals surface area contributed by atoms with Crippen LogP contribution in [0, 0.1) is 5.92 Å². The Labute approximate surface area is 145 Å². The molecule has 2 fully saturated rings.